The lowest BCUT2D eigenvalue weighted by molar-refractivity contribution is -0.109. The van der Waals surface area contributed by atoms with Crippen molar-refractivity contribution in [3.05, 3.63) is 29.3 Å². The summed E-state index contributed by atoms with van der Waals surface area (Å²) < 4.78 is 0. The fourth-order valence-electron chi connectivity index (χ4n) is 1.61. The van der Waals surface area contributed by atoms with Gasteiger partial charge < -0.3 is 15.3 Å². The first kappa shape index (κ1) is 15.0. The summed E-state index contributed by atoms with van der Waals surface area (Å²) in [5.41, 5.74) is 0.965. The Morgan fingerprint density at radius 2 is 2.06 bits per heavy atom. The molecule has 0 aliphatic rings. The highest BCUT2D eigenvalue weighted by atomic mass is 32.2. The highest BCUT2D eigenvalue weighted by Crippen LogP contribution is 2.30. The maximum atomic E-state index is 10.7. The molecule has 1 rings (SSSR count). The van der Waals surface area contributed by atoms with Gasteiger partial charge in [0.2, 0.25) is 0 Å². The van der Waals surface area contributed by atoms with Crippen LogP contribution in [0, 0.1) is 6.92 Å². The van der Waals surface area contributed by atoms with E-state index in [1.165, 1.54) is 6.92 Å². The van der Waals surface area contributed by atoms with Gasteiger partial charge >= 0.3 is 0 Å². The summed E-state index contributed by atoms with van der Waals surface area (Å²) in [5, 5.41) is 29.6. The van der Waals surface area contributed by atoms with Crippen molar-refractivity contribution in [2.75, 3.05) is 5.75 Å². The number of benzene rings is 1. The van der Waals surface area contributed by atoms with Gasteiger partial charge in [-0.15, -0.1) is 0 Å². The van der Waals surface area contributed by atoms with Gasteiger partial charge in [0.1, 0.15) is 11.9 Å². The molecule has 0 spiro atoms. The van der Waals surface area contributed by atoms with Crippen LogP contribution in [0.1, 0.15) is 30.6 Å². The number of hydrogen-bond acceptors (Lipinski definition) is 5. The Morgan fingerprint density at radius 1 is 1.39 bits per heavy atom. The molecular formula is C13H18O4S. The van der Waals surface area contributed by atoms with Crippen LogP contribution < -0.4 is 0 Å². The van der Waals surface area contributed by atoms with E-state index in [1.54, 1.807) is 25.1 Å². The monoisotopic (exact) mass is 270 g/mol. The molecule has 3 N–H and O–H groups in total. The summed E-state index contributed by atoms with van der Waals surface area (Å²) >= 11 is 1.11. The maximum Gasteiger partial charge on any atom is 0.185 e. The van der Waals surface area contributed by atoms with Gasteiger partial charge in [0.15, 0.2) is 5.12 Å². The minimum atomic E-state index is -1.14. The summed E-state index contributed by atoms with van der Waals surface area (Å²) in [6.07, 6.45) is -1.85. The van der Waals surface area contributed by atoms with E-state index in [0.29, 0.717) is 23.3 Å². The van der Waals surface area contributed by atoms with Gasteiger partial charge in [-0.1, -0.05) is 30.0 Å². The number of para-hydroxylation sites is 1. The molecule has 0 heterocycles. The zero-order valence-electron chi connectivity index (χ0n) is 10.5. The van der Waals surface area contributed by atoms with E-state index in [2.05, 4.69) is 0 Å². The van der Waals surface area contributed by atoms with E-state index in [9.17, 15) is 20.1 Å². The molecule has 0 saturated carbocycles. The molecule has 0 bridgehead atoms. The molecule has 1 aromatic carbocycles. The van der Waals surface area contributed by atoms with Crippen LogP contribution >= 0.6 is 11.8 Å². The Morgan fingerprint density at radius 3 is 2.67 bits per heavy atom. The number of aryl methyl sites for hydroxylation is 1. The van der Waals surface area contributed by atoms with Crippen molar-refractivity contribution < 1.29 is 20.1 Å². The average molecular weight is 270 g/mol. The van der Waals surface area contributed by atoms with Crippen molar-refractivity contribution in [3.63, 3.8) is 0 Å². The maximum absolute atomic E-state index is 10.7. The van der Waals surface area contributed by atoms with E-state index >= 15 is 0 Å². The van der Waals surface area contributed by atoms with E-state index in [4.69, 9.17) is 0 Å². The molecule has 5 heteroatoms. The third-order valence-corrected chi connectivity index (χ3v) is 3.52. The topological polar surface area (TPSA) is 77.8 Å². The Labute approximate surface area is 111 Å². The van der Waals surface area contributed by atoms with Crippen molar-refractivity contribution in [2.45, 2.75) is 32.5 Å². The minimum Gasteiger partial charge on any atom is -0.507 e. The van der Waals surface area contributed by atoms with Crippen molar-refractivity contribution in [1.82, 2.24) is 0 Å². The van der Waals surface area contributed by atoms with Gasteiger partial charge in [0.25, 0.3) is 0 Å². The molecule has 2 atom stereocenters. The number of phenolic OH excluding ortho intramolecular Hbond substituents is 1. The Hall–Kier alpha value is -1.04. The number of rotatable bonds is 5. The van der Waals surface area contributed by atoms with E-state index < -0.39 is 12.2 Å². The molecule has 4 nitrogen and oxygen atoms in total. The van der Waals surface area contributed by atoms with Gasteiger partial charge in [-0.2, -0.15) is 0 Å². The summed E-state index contributed by atoms with van der Waals surface area (Å²) in [7, 11) is 0. The largest absolute Gasteiger partial charge is 0.507 e. The first-order valence-electron chi connectivity index (χ1n) is 5.71. The second kappa shape index (κ2) is 6.78. The Bertz CT molecular complexity index is 419. The highest BCUT2D eigenvalue weighted by molar-refractivity contribution is 8.13. The van der Waals surface area contributed by atoms with Gasteiger partial charge in [-0.3, -0.25) is 4.79 Å². The van der Waals surface area contributed by atoms with Gasteiger partial charge in [0, 0.05) is 18.2 Å². The number of aliphatic hydroxyl groups is 2. The van der Waals surface area contributed by atoms with Crippen LogP contribution in [0.3, 0.4) is 0 Å². The van der Waals surface area contributed by atoms with Crippen LogP contribution in [-0.2, 0) is 4.79 Å². The SMILES string of the molecule is CC(=O)SCCC(O)C(O)c1cccc(C)c1O. The normalized spacial score (nSPS) is 14.2. The zero-order valence-corrected chi connectivity index (χ0v) is 11.3. The van der Waals surface area contributed by atoms with Crippen molar-refractivity contribution >= 4 is 16.9 Å². The number of carbonyl (C=O) groups excluding carboxylic acids is 1. The molecule has 0 aromatic heterocycles. The third kappa shape index (κ3) is 4.01. The van der Waals surface area contributed by atoms with E-state index in [0.717, 1.165) is 11.8 Å². The first-order chi connectivity index (χ1) is 8.43. The Balaban J connectivity index is 2.65. The van der Waals surface area contributed by atoms with Gasteiger partial charge in [-0.25, -0.2) is 0 Å². The zero-order chi connectivity index (χ0) is 13.7. The fraction of sp³-hybridized carbons (Fsp3) is 0.462. The Kier molecular flexibility index (Phi) is 5.65. The van der Waals surface area contributed by atoms with E-state index in [1.807, 2.05) is 0 Å². The predicted molar refractivity (Wildman–Crippen MR) is 71.6 cm³/mol. The van der Waals surface area contributed by atoms with Crippen molar-refractivity contribution in [1.29, 1.82) is 0 Å². The van der Waals surface area contributed by atoms with Crippen LogP contribution in [0.4, 0.5) is 0 Å². The summed E-state index contributed by atoms with van der Waals surface area (Å²) in [6, 6.07) is 5.02. The number of aromatic hydroxyl groups is 1. The molecule has 1 aromatic rings. The average Bonchev–Trinajstić information content (AvgIpc) is 2.31. The van der Waals surface area contributed by atoms with Crippen LogP contribution in [0.2, 0.25) is 0 Å². The molecule has 18 heavy (non-hydrogen) atoms. The number of hydrogen-bond donors (Lipinski definition) is 3. The summed E-state index contributed by atoms with van der Waals surface area (Å²) in [6.45, 7) is 3.18. The molecule has 0 saturated heterocycles. The quantitative estimate of drug-likeness (QED) is 0.760. The lowest BCUT2D eigenvalue weighted by Crippen LogP contribution is -2.19. The molecule has 0 amide bonds. The lowest BCUT2D eigenvalue weighted by atomic mass is 9.99. The second-order valence-corrected chi connectivity index (χ2v) is 5.43. The number of thioether (sulfide) groups is 1. The molecule has 100 valence electrons. The summed E-state index contributed by atoms with van der Waals surface area (Å²) in [4.78, 5) is 10.7. The number of carbonyl (C=O) groups is 1. The third-order valence-electron chi connectivity index (χ3n) is 2.67. The van der Waals surface area contributed by atoms with Crippen LogP contribution in [0.5, 0.6) is 5.75 Å². The molecular weight excluding hydrogens is 252 g/mol. The second-order valence-electron chi connectivity index (χ2n) is 4.15. The standard InChI is InChI=1S/C13H18O4S/c1-8-4-3-5-10(12(8)16)13(17)11(15)6-7-18-9(2)14/h3-5,11,13,15-17H,6-7H2,1-2H3. The predicted octanol–water partition coefficient (Wildman–Crippen LogP) is 1.76. The minimum absolute atomic E-state index is 0.00303. The van der Waals surface area contributed by atoms with Gasteiger partial charge in [-0.05, 0) is 18.9 Å². The van der Waals surface area contributed by atoms with Crippen molar-refractivity contribution in [3.8, 4) is 5.75 Å². The van der Waals surface area contributed by atoms with Crippen LogP contribution in [0.25, 0.3) is 0 Å². The molecule has 2 unspecified atom stereocenters. The molecule has 0 radical (unpaired) electrons. The number of phenols is 1. The number of aliphatic hydroxyl groups excluding tert-OH is 2. The fourth-order valence-corrected chi connectivity index (χ4v) is 2.26. The first-order valence-corrected chi connectivity index (χ1v) is 6.70. The van der Waals surface area contributed by atoms with E-state index in [-0.39, 0.29) is 10.9 Å². The summed E-state index contributed by atoms with van der Waals surface area (Å²) in [5.74, 6) is 0.448. The van der Waals surface area contributed by atoms with Crippen molar-refractivity contribution in [2.24, 2.45) is 0 Å². The molecule has 0 fully saturated rings. The molecule has 0 aliphatic carbocycles. The highest BCUT2D eigenvalue weighted by Gasteiger charge is 2.21. The molecule has 0 aliphatic heterocycles. The van der Waals surface area contributed by atoms with Crippen LogP contribution in [0.15, 0.2) is 18.2 Å². The lowest BCUT2D eigenvalue weighted by Gasteiger charge is -2.19. The van der Waals surface area contributed by atoms with Crippen LogP contribution in [-0.4, -0.2) is 32.3 Å². The smallest absolute Gasteiger partial charge is 0.185 e. The van der Waals surface area contributed by atoms with Gasteiger partial charge in [0.05, 0.1) is 6.10 Å².